The maximum atomic E-state index is 12.9. The highest BCUT2D eigenvalue weighted by molar-refractivity contribution is 5.94. The van der Waals surface area contributed by atoms with Gasteiger partial charge in [0.1, 0.15) is 0 Å². The molecule has 1 atom stereocenters. The summed E-state index contributed by atoms with van der Waals surface area (Å²) in [6, 6.07) is 17.4. The minimum atomic E-state index is 0.118. The number of hydrogen-bond acceptors (Lipinski definition) is 2. The number of fused-ring (bicyclic) bond motifs is 1. The molecule has 3 heteroatoms. The molecule has 3 nitrogen and oxygen atoms in total. The maximum absolute atomic E-state index is 12.9. The second-order valence-corrected chi connectivity index (χ2v) is 7.86. The summed E-state index contributed by atoms with van der Waals surface area (Å²) < 4.78 is 0. The van der Waals surface area contributed by atoms with Crippen molar-refractivity contribution in [3.05, 3.63) is 77.4 Å². The van der Waals surface area contributed by atoms with Crippen molar-refractivity contribution in [3.8, 4) is 0 Å². The maximum Gasteiger partial charge on any atom is 0.253 e. The van der Waals surface area contributed by atoms with Gasteiger partial charge in [0.15, 0.2) is 0 Å². The first-order valence-electron chi connectivity index (χ1n) is 9.96. The Morgan fingerprint density at radius 2 is 1.78 bits per heavy atom. The molecular formula is C24H28N2O. The molecule has 2 aromatic rings. The Hall–Kier alpha value is -2.39. The van der Waals surface area contributed by atoms with Crippen molar-refractivity contribution in [1.82, 2.24) is 9.80 Å². The molecule has 27 heavy (non-hydrogen) atoms. The number of hydrogen-bond donors (Lipinski definition) is 0. The van der Waals surface area contributed by atoms with Gasteiger partial charge in [-0.15, -0.1) is 0 Å². The standard InChI is InChI=1S/C24H28N2O/c1-3-18-10-12-19(13-11-18)24(27)25(2)22-9-6-14-26(17-22)23-15-20-7-4-5-8-21(20)16-23/h3-5,7-8,10-13,22-23H,1,6,9,14-17H2,2H3/t22-/m0/s1. The molecule has 1 fully saturated rings. The molecule has 0 spiro atoms. The number of benzene rings is 2. The highest BCUT2D eigenvalue weighted by Crippen LogP contribution is 2.28. The van der Waals surface area contributed by atoms with E-state index in [1.54, 1.807) is 6.08 Å². The predicted molar refractivity (Wildman–Crippen MR) is 111 cm³/mol. The van der Waals surface area contributed by atoms with Gasteiger partial charge in [0.25, 0.3) is 5.91 Å². The quantitative estimate of drug-likeness (QED) is 0.822. The molecule has 2 aromatic carbocycles. The zero-order valence-electron chi connectivity index (χ0n) is 16.1. The molecule has 0 aromatic heterocycles. The van der Waals surface area contributed by atoms with Gasteiger partial charge in [-0.2, -0.15) is 0 Å². The highest BCUT2D eigenvalue weighted by Gasteiger charge is 2.32. The average Bonchev–Trinajstić information content (AvgIpc) is 3.17. The third-order valence-electron chi connectivity index (χ3n) is 6.24. The van der Waals surface area contributed by atoms with Crippen molar-refractivity contribution in [2.24, 2.45) is 0 Å². The van der Waals surface area contributed by atoms with E-state index in [0.29, 0.717) is 6.04 Å². The van der Waals surface area contributed by atoms with Crippen LogP contribution in [0.4, 0.5) is 0 Å². The van der Waals surface area contributed by atoms with Crippen LogP contribution in [0, 0.1) is 0 Å². The minimum Gasteiger partial charge on any atom is -0.337 e. The smallest absolute Gasteiger partial charge is 0.253 e. The van der Waals surface area contributed by atoms with E-state index >= 15 is 0 Å². The third-order valence-corrected chi connectivity index (χ3v) is 6.24. The first-order valence-corrected chi connectivity index (χ1v) is 9.96. The van der Waals surface area contributed by atoms with E-state index in [-0.39, 0.29) is 11.9 Å². The highest BCUT2D eigenvalue weighted by atomic mass is 16.2. The molecule has 4 rings (SSSR count). The number of nitrogens with zero attached hydrogens (tertiary/aromatic N) is 2. The summed E-state index contributed by atoms with van der Waals surface area (Å²) >= 11 is 0. The summed E-state index contributed by atoms with van der Waals surface area (Å²) in [5, 5.41) is 0. The molecule has 0 radical (unpaired) electrons. The fraction of sp³-hybridized carbons (Fsp3) is 0.375. The van der Waals surface area contributed by atoms with Crippen LogP contribution in [-0.2, 0) is 12.8 Å². The van der Waals surface area contributed by atoms with Crippen molar-refractivity contribution < 1.29 is 4.79 Å². The number of piperidine rings is 1. The topological polar surface area (TPSA) is 23.6 Å². The SMILES string of the molecule is C=Cc1ccc(C(=O)N(C)[C@H]2CCCN(C3Cc4ccccc4C3)C2)cc1. The molecule has 0 saturated carbocycles. The number of carbonyl (C=O) groups is 1. The average molecular weight is 361 g/mol. The van der Waals surface area contributed by atoms with Crippen molar-refractivity contribution in [2.45, 2.75) is 37.8 Å². The molecule has 1 aliphatic carbocycles. The van der Waals surface area contributed by atoms with Gasteiger partial charge in [0.2, 0.25) is 0 Å². The van der Waals surface area contributed by atoms with Crippen LogP contribution in [0.3, 0.4) is 0 Å². The Morgan fingerprint density at radius 1 is 1.11 bits per heavy atom. The van der Waals surface area contributed by atoms with E-state index in [1.807, 2.05) is 36.2 Å². The molecule has 2 aliphatic rings. The van der Waals surface area contributed by atoms with Crippen molar-refractivity contribution in [3.63, 3.8) is 0 Å². The molecular weight excluding hydrogens is 332 g/mol. The molecule has 1 saturated heterocycles. The number of amides is 1. The third kappa shape index (κ3) is 3.70. The van der Waals surface area contributed by atoms with Crippen molar-refractivity contribution in [1.29, 1.82) is 0 Å². The number of likely N-dealkylation sites (tertiary alicyclic amines) is 1. The summed E-state index contributed by atoms with van der Waals surface area (Å²) in [5.74, 6) is 0.118. The largest absolute Gasteiger partial charge is 0.337 e. The van der Waals surface area contributed by atoms with E-state index in [9.17, 15) is 4.79 Å². The number of rotatable bonds is 4. The molecule has 1 amide bonds. The Balaban J connectivity index is 1.41. The van der Waals surface area contributed by atoms with Crippen LogP contribution in [-0.4, -0.2) is 47.9 Å². The Labute approximate surface area is 162 Å². The van der Waals surface area contributed by atoms with Gasteiger partial charge < -0.3 is 4.90 Å². The lowest BCUT2D eigenvalue weighted by atomic mass is 10.0. The minimum absolute atomic E-state index is 0.118. The molecule has 1 aliphatic heterocycles. The van der Waals surface area contributed by atoms with E-state index in [2.05, 4.69) is 35.7 Å². The first-order chi connectivity index (χ1) is 13.2. The molecule has 0 unspecified atom stereocenters. The monoisotopic (exact) mass is 360 g/mol. The zero-order valence-corrected chi connectivity index (χ0v) is 16.1. The molecule has 0 bridgehead atoms. The van der Waals surface area contributed by atoms with Crippen LogP contribution in [0.5, 0.6) is 0 Å². The van der Waals surface area contributed by atoms with Crippen LogP contribution in [0.2, 0.25) is 0 Å². The molecule has 1 heterocycles. The predicted octanol–water partition coefficient (Wildman–Crippen LogP) is 4.03. The van der Waals surface area contributed by atoms with Crippen LogP contribution < -0.4 is 0 Å². The van der Waals surface area contributed by atoms with Crippen LogP contribution in [0.25, 0.3) is 6.08 Å². The van der Waals surface area contributed by atoms with Crippen LogP contribution in [0.15, 0.2) is 55.1 Å². The Kier molecular flexibility index (Phi) is 5.13. The van der Waals surface area contributed by atoms with E-state index < -0.39 is 0 Å². The number of carbonyl (C=O) groups excluding carboxylic acids is 1. The Bertz CT molecular complexity index is 802. The first kappa shape index (κ1) is 18.0. The van der Waals surface area contributed by atoms with Gasteiger partial charge in [-0.25, -0.2) is 0 Å². The fourth-order valence-corrected chi connectivity index (χ4v) is 4.56. The van der Waals surface area contributed by atoms with E-state index in [0.717, 1.165) is 49.9 Å². The summed E-state index contributed by atoms with van der Waals surface area (Å²) in [6.07, 6.45) is 6.33. The Morgan fingerprint density at radius 3 is 2.41 bits per heavy atom. The summed E-state index contributed by atoms with van der Waals surface area (Å²) in [5.41, 5.74) is 4.79. The summed E-state index contributed by atoms with van der Waals surface area (Å²) in [7, 11) is 1.96. The van der Waals surface area contributed by atoms with Gasteiger partial charge in [0, 0.05) is 31.2 Å². The van der Waals surface area contributed by atoms with Crippen molar-refractivity contribution in [2.75, 3.05) is 20.1 Å². The van der Waals surface area contributed by atoms with Gasteiger partial charge in [-0.05, 0) is 61.1 Å². The van der Waals surface area contributed by atoms with Crippen molar-refractivity contribution >= 4 is 12.0 Å². The van der Waals surface area contributed by atoms with E-state index in [4.69, 9.17) is 0 Å². The van der Waals surface area contributed by atoms with Gasteiger partial charge >= 0.3 is 0 Å². The lowest BCUT2D eigenvalue weighted by molar-refractivity contribution is 0.0555. The summed E-state index contributed by atoms with van der Waals surface area (Å²) in [4.78, 5) is 17.5. The van der Waals surface area contributed by atoms with E-state index in [1.165, 1.54) is 11.1 Å². The van der Waals surface area contributed by atoms with Crippen LogP contribution >= 0.6 is 0 Å². The summed E-state index contributed by atoms with van der Waals surface area (Å²) in [6.45, 7) is 5.90. The zero-order chi connectivity index (χ0) is 18.8. The number of likely N-dealkylation sites (N-methyl/N-ethyl adjacent to an activating group) is 1. The van der Waals surface area contributed by atoms with Gasteiger partial charge in [0.05, 0.1) is 0 Å². The van der Waals surface area contributed by atoms with Gasteiger partial charge in [-0.1, -0.05) is 49.1 Å². The lowest BCUT2D eigenvalue weighted by Gasteiger charge is -2.40. The second kappa shape index (κ2) is 7.69. The second-order valence-electron chi connectivity index (χ2n) is 7.86. The van der Waals surface area contributed by atoms with Gasteiger partial charge in [-0.3, -0.25) is 9.69 Å². The molecule has 0 N–H and O–H groups in total. The van der Waals surface area contributed by atoms with Crippen LogP contribution in [0.1, 0.15) is 39.9 Å². The molecule has 140 valence electrons. The fourth-order valence-electron chi connectivity index (χ4n) is 4.56. The normalized spacial score (nSPS) is 20.3. The lowest BCUT2D eigenvalue weighted by Crippen LogP contribution is -2.51.